The van der Waals surface area contributed by atoms with E-state index in [0.29, 0.717) is 23.0 Å². The summed E-state index contributed by atoms with van der Waals surface area (Å²) in [5, 5.41) is 27.4. The Labute approximate surface area is 207 Å². The van der Waals surface area contributed by atoms with Crippen LogP contribution in [-0.2, 0) is 14.1 Å². The molecule has 9 nitrogen and oxygen atoms in total. The van der Waals surface area contributed by atoms with Gasteiger partial charge in [-0.1, -0.05) is 27.7 Å². The second-order valence-electron chi connectivity index (χ2n) is 11.7. The molecule has 0 spiro atoms. The maximum Gasteiger partial charge on any atom is 0.481 e. The predicted molar refractivity (Wildman–Crippen MR) is 130 cm³/mol. The van der Waals surface area contributed by atoms with Crippen LogP contribution < -0.4 is 15.4 Å². The van der Waals surface area contributed by atoms with E-state index in [-0.39, 0.29) is 23.0 Å². The summed E-state index contributed by atoms with van der Waals surface area (Å²) in [7, 11) is -0.606. The summed E-state index contributed by atoms with van der Waals surface area (Å²) in [6.45, 7) is 12.3. The van der Waals surface area contributed by atoms with Gasteiger partial charge in [0.25, 0.3) is 5.91 Å². The molecular weight excluding hydrogens is 449 g/mol. The molecule has 10 heteroatoms. The number of aliphatic hydroxyl groups excluding tert-OH is 1. The number of hydrogen-bond acceptors (Lipinski definition) is 6. The Balaban J connectivity index is 1.47. The van der Waals surface area contributed by atoms with Gasteiger partial charge >= 0.3 is 7.12 Å². The minimum absolute atomic E-state index is 0.0139. The largest absolute Gasteiger partial charge is 0.619 e. The molecule has 3 N–H and O–H groups in total. The molecule has 2 amide bonds. The maximum atomic E-state index is 13.3. The average molecular weight is 487 g/mol. The second kappa shape index (κ2) is 9.37. The summed E-state index contributed by atoms with van der Waals surface area (Å²) in [5.41, 5.74) is -0.0931. The van der Waals surface area contributed by atoms with Crippen molar-refractivity contribution in [3.8, 4) is 0 Å². The van der Waals surface area contributed by atoms with Gasteiger partial charge in [0.2, 0.25) is 5.91 Å². The third kappa shape index (κ3) is 4.80. The molecule has 1 aromatic heterocycles. The number of hydrogen-bond donors (Lipinski definition) is 3. The number of rotatable bonds is 8. The lowest BCUT2D eigenvalue weighted by Crippen LogP contribution is -2.65. The fourth-order valence-corrected chi connectivity index (χ4v) is 6.31. The number of pyridine rings is 1. The van der Waals surface area contributed by atoms with Crippen LogP contribution >= 0.6 is 0 Å². The zero-order valence-corrected chi connectivity index (χ0v) is 21.5. The van der Waals surface area contributed by atoms with E-state index in [9.17, 15) is 19.9 Å². The Hall–Kier alpha value is -2.17. The van der Waals surface area contributed by atoms with E-state index in [1.807, 2.05) is 0 Å². The lowest BCUT2D eigenvalue weighted by atomic mass is 9.43. The number of carbonyl (C=O) groups excluding carboxylic acids is 2. The first kappa shape index (κ1) is 25.9. The summed E-state index contributed by atoms with van der Waals surface area (Å²) in [4.78, 5) is 25.9. The van der Waals surface area contributed by atoms with E-state index < -0.39 is 42.6 Å². The van der Waals surface area contributed by atoms with E-state index in [1.165, 1.54) is 25.3 Å². The minimum atomic E-state index is -1.21. The quantitative estimate of drug-likeness (QED) is 0.291. The van der Waals surface area contributed by atoms with Crippen LogP contribution in [0.4, 0.5) is 0 Å². The molecule has 3 saturated carbocycles. The van der Waals surface area contributed by atoms with Crippen LogP contribution in [0.2, 0.25) is 0 Å². The third-order valence-corrected chi connectivity index (χ3v) is 8.44. The molecule has 1 saturated heterocycles. The molecule has 192 valence electrons. The molecule has 35 heavy (non-hydrogen) atoms. The highest BCUT2D eigenvalue weighted by Gasteiger charge is 2.68. The number of nitrogens with one attached hydrogen (secondary N) is 2. The van der Waals surface area contributed by atoms with E-state index in [0.717, 1.165) is 19.0 Å². The Morgan fingerprint density at radius 1 is 1.26 bits per heavy atom. The van der Waals surface area contributed by atoms with Gasteiger partial charge in [0.05, 0.1) is 23.8 Å². The summed E-state index contributed by atoms with van der Waals surface area (Å²) in [5.74, 6) is -0.314. The van der Waals surface area contributed by atoms with Crippen molar-refractivity contribution in [1.29, 1.82) is 0 Å². The topological polar surface area (TPSA) is 124 Å². The molecule has 7 atom stereocenters. The standard InChI is InChI=1S/C25H38BN3O6/c1-14(2)10-20(26-34-19-12-17-11-18(24(17,4)5)25(19,6)35-26)27-23(32)21(15(3)30)28-22(31)16-8-7-9-29(33)13-16/h7-9,13-15,17-21,30H,10-12H2,1-6H3,(H,27,32)(H,28,31)/t15-,17+,18+,19-,20+,21+,25+/m1/s1. The maximum absolute atomic E-state index is 13.3. The molecule has 2 bridgehead atoms. The van der Waals surface area contributed by atoms with Gasteiger partial charge in [-0.3, -0.25) is 9.59 Å². The van der Waals surface area contributed by atoms with E-state index in [1.54, 1.807) is 0 Å². The monoisotopic (exact) mass is 487 g/mol. The summed E-state index contributed by atoms with van der Waals surface area (Å²) >= 11 is 0. The molecule has 4 aliphatic rings. The van der Waals surface area contributed by atoms with Gasteiger partial charge in [-0.25, -0.2) is 0 Å². The summed E-state index contributed by atoms with van der Waals surface area (Å²) in [6, 6.07) is 1.71. The average Bonchev–Trinajstić information content (AvgIpc) is 3.13. The van der Waals surface area contributed by atoms with Crippen molar-refractivity contribution >= 4 is 18.9 Å². The smallest absolute Gasteiger partial charge is 0.481 e. The van der Waals surface area contributed by atoms with E-state index in [2.05, 4.69) is 45.3 Å². The van der Waals surface area contributed by atoms with Gasteiger partial charge in [-0.15, -0.1) is 0 Å². The van der Waals surface area contributed by atoms with Gasteiger partial charge in [0.15, 0.2) is 12.4 Å². The van der Waals surface area contributed by atoms with Gasteiger partial charge in [0, 0.05) is 6.07 Å². The normalized spacial score (nSPS) is 31.2. The van der Waals surface area contributed by atoms with E-state index in [4.69, 9.17) is 9.31 Å². The molecule has 1 aliphatic heterocycles. The highest BCUT2D eigenvalue weighted by atomic mass is 16.7. The van der Waals surface area contributed by atoms with Gasteiger partial charge in [0.1, 0.15) is 11.6 Å². The van der Waals surface area contributed by atoms with Crippen LogP contribution in [0.25, 0.3) is 0 Å². The van der Waals surface area contributed by atoms with E-state index >= 15 is 0 Å². The van der Waals surface area contributed by atoms with Crippen molar-refractivity contribution in [3.05, 3.63) is 35.3 Å². The molecule has 4 fully saturated rings. The Kier molecular flexibility index (Phi) is 6.94. The van der Waals surface area contributed by atoms with Crippen molar-refractivity contribution in [1.82, 2.24) is 10.6 Å². The molecule has 1 aromatic rings. The highest BCUT2D eigenvalue weighted by molar-refractivity contribution is 6.48. The Morgan fingerprint density at radius 2 is 1.97 bits per heavy atom. The number of aliphatic hydroxyl groups is 1. The lowest BCUT2D eigenvalue weighted by Gasteiger charge is -2.64. The van der Waals surface area contributed by atoms with Crippen molar-refractivity contribution in [3.63, 3.8) is 0 Å². The zero-order valence-electron chi connectivity index (χ0n) is 21.5. The SMILES string of the molecule is CC(C)C[C@H](NC(=O)[C@@H](NC(=O)c1ccc[n+]([O-])c1)[C@@H](C)O)B1O[C@@H]2C[C@@H]3C[C@@H](C3(C)C)[C@]2(C)O1. The molecule has 3 aliphatic carbocycles. The van der Waals surface area contributed by atoms with Crippen molar-refractivity contribution in [2.24, 2.45) is 23.2 Å². The van der Waals surface area contributed by atoms with Crippen molar-refractivity contribution in [2.75, 3.05) is 0 Å². The van der Waals surface area contributed by atoms with Gasteiger partial charge < -0.3 is 30.3 Å². The molecular formula is C25H38BN3O6. The molecule has 2 heterocycles. The first-order valence-corrected chi connectivity index (χ1v) is 12.6. The van der Waals surface area contributed by atoms with Crippen LogP contribution in [0.5, 0.6) is 0 Å². The van der Waals surface area contributed by atoms with Crippen molar-refractivity contribution in [2.45, 2.75) is 90.6 Å². The van der Waals surface area contributed by atoms with Gasteiger partial charge in [-0.05, 0) is 62.3 Å². The highest BCUT2D eigenvalue weighted by Crippen LogP contribution is 2.65. The van der Waals surface area contributed by atoms with Crippen LogP contribution in [0.1, 0.15) is 71.2 Å². The minimum Gasteiger partial charge on any atom is -0.619 e. The molecule has 0 unspecified atom stereocenters. The second-order valence-corrected chi connectivity index (χ2v) is 11.7. The van der Waals surface area contributed by atoms with Crippen LogP contribution in [0, 0.1) is 28.4 Å². The first-order valence-electron chi connectivity index (χ1n) is 12.6. The van der Waals surface area contributed by atoms with Crippen LogP contribution in [0.15, 0.2) is 24.5 Å². The molecule has 0 radical (unpaired) electrons. The van der Waals surface area contributed by atoms with Gasteiger partial charge in [-0.2, -0.15) is 4.73 Å². The lowest BCUT2D eigenvalue weighted by molar-refractivity contribution is -0.605. The Bertz CT molecular complexity index is 972. The number of aromatic nitrogens is 1. The first-order chi connectivity index (χ1) is 16.3. The Morgan fingerprint density at radius 3 is 2.57 bits per heavy atom. The number of amides is 2. The molecule has 0 aromatic carbocycles. The summed E-state index contributed by atoms with van der Waals surface area (Å²) in [6.07, 6.45) is 3.91. The van der Waals surface area contributed by atoms with Crippen LogP contribution in [0.3, 0.4) is 0 Å². The number of nitrogens with zero attached hydrogens (tertiary/aromatic N) is 1. The zero-order chi connectivity index (χ0) is 25.7. The fourth-order valence-electron chi connectivity index (χ4n) is 6.31. The predicted octanol–water partition coefficient (Wildman–Crippen LogP) is 1.60. The van der Waals surface area contributed by atoms with Crippen molar-refractivity contribution < 1.29 is 28.7 Å². The van der Waals surface area contributed by atoms with Crippen LogP contribution in [-0.4, -0.2) is 53.8 Å². The summed E-state index contributed by atoms with van der Waals surface area (Å²) < 4.78 is 13.5. The fraction of sp³-hybridized carbons (Fsp3) is 0.720. The molecule has 5 rings (SSSR count). The number of carbonyl (C=O) groups is 2. The third-order valence-electron chi connectivity index (χ3n) is 8.44.